The molecule has 5 aliphatic rings. The average molecular weight is 532 g/mol. The van der Waals surface area contributed by atoms with Crippen LogP contribution in [0.5, 0.6) is 0 Å². The van der Waals surface area contributed by atoms with Gasteiger partial charge in [-0.2, -0.15) is 14.4 Å². The molecule has 38 heavy (non-hydrogen) atoms. The summed E-state index contributed by atoms with van der Waals surface area (Å²) in [5.41, 5.74) is -1.49. The summed E-state index contributed by atoms with van der Waals surface area (Å²) in [7, 11) is 0. The molecule has 13 heteroatoms. The van der Waals surface area contributed by atoms with Crippen molar-refractivity contribution in [1.82, 2.24) is 19.5 Å². The van der Waals surface area contributed by atoms with Gasteiger partial charge in [0.1, 0.15) is 17.9 Å². The molecule has 2 N–H and O–H groups in total. The van der Waals surface area contributed by atoms with Crippen LogP contribution < -0.4 is 5.32 Å². The maximum Gasteiger partial charge on any atom is 0.312 e. The molecule has 204 valence electrons. The molecule has 12 nitrogen and oxygen atoms in total. The monoisotopic (exact) mass is 531 g/mol. The molecule has 2 aromatic heterocycles. The van der Waals surface area contributed by atoms with Gasteiger partial charge in [0.15, 0.2) is 23.1 Å². The van der Waals surface area contributed by atoms with Crippen molar-refractivity contribution in [3.63, 3.8) is 0 Å². The van der Waals surface area contributed by atoms with Gasteiger partial charge >= 0.3 is 18.0 Å². The molecule has 0 spiro atoms. The minimum Gasteiger partial charge on any atom is -0.459 e. The third-order valence-corrected chi connectivity index (χ3v) is 8.71. The summed E-state index contributed by atoms with van der Waals surface area (Å²) < 4.78 is 33.0. The van der Waals surface area contributed by atoms with Crippen molar-refractivity contribution < 1.29 is 38.1 Å². The summed E-state index contributed by atoms with van der Waals surface area (Å²) in [4.78, 5) is 49.0. The molecule has 2 saturated heterocycles. The Morgan fingerprint density at radius 2 is 1.97 bits per heavy atom. The van der Waals surface area contributed by atoms with Crippen LogP contribution in [0.25, 0.3) is 11.2 Å². The quantitative estimate of drug-likeness (QED) is 0.418. The number of ether oxygens (including phenoxy) is 3. The maximum absolute atomic E-state index is 14.4. The maximum atomic E-state index is 14.4. The zero-order chi connectivity index (χ0) is 26.7. The van der Waals surface area contributed by atoms with E-state index in [0.717, 1.165) is 38.5 Å². The van der Waals surface area contributed by atoms with E-state index in [1.807, 2.05) is 0 Å². The van der Waals surface area contributed by atoms with E-state index in [-0.39, 0.29) is 42.2 Å². The van der Waals surface area contributed by atoms with Crippen molar-refractivity contribution in [2.24, 2.45) is 11.3 Å². The zero-order valence-corrected chi connectivity index (χ0v) is 21.0. The molecule has 2 bridgehead atoms. The van der Waals surface area contributed by atoms with Crippen LogP contribution >= 0.6 is 0 Å². The lowest BCUT2D eigenvalue weighted by Crippen LogP contribution is -2.47. The molecule has 3 saturated carbocycles. The number of carbonyl (C=O) groups excluding carboxylic acids is 3. The molecule has 0 radical (unpaired) electrons. The second-order valence-corrected chi connectivity index (χ2v) is 11.1. The summed E-state index contributed by atoms with van der Waals surface area (Å²) in [5.74, 6) is -0.836. The molecule has 5 fully saturated rings. The number of cyclic esters (lactones) is 1. The summed E-state index contributed by atoms with van der Waals surface area (Å²) in [6.45, 7) is 1.28. The SMILES string of the molecule is C[C@]1(CO)O[C@@H](n2cnc3c(NC(=O)[C@H]4CCC(=O)O4)nc(F)nc32)C[C@@H]1OC(=O)C12CCC(CC1)CC2. The van der Waals surface area contributed by atoms with E-state index in [1.165, 1.54) is 10.9 Å². The fourth-order valence-electron chi connectivity index (χ4n) is 6.25. The third kappa shape index (κ3) is 4.21. The number of imidazole rings is 1. The largest absolute Gasteiger partial charge is 0.459 e. The van der Waals surface area contributed by atoms with Gasteiger partial charge in [-0.05, 0) is 51.4 Å². The van der Waals surface area contributed by atoms with Crippen molar-refractivity contribution in [3.8, 4) is 0 Å². The topological polar surface area (TPSA) is 155 Å². The smallest absolute Gasteiger partial charge is 0.312 e. The highest BCUT2D eigenvalue weighted by Crippen LogP contribution is 2.52. The van der Waals surface area contributed by atoms with E-state index < -0.39 is 54.0 Å². The molecular weight excluding hydrogens is 501 g/mol. The number of anilines is 1. The van der Waals surface area contributed by atoms with Crippen molar-refractivity contribution in [2.75, 3.05) is 11.9 Å². The molecule has 0 unspecified atom stereocenters. The second kappa shape index (κ2) is 9.23. The van der Waals surface area contributed by atoms with Crippen molar-refractivity contribution in [2.45, 2.75) is 88.7 Å². The molecule has 1 amide bonds. The normalized spacial score (nSPS) is 34.4. The molecule has 4 heterocycles. The van der Waals surface area contributed by atoms with Crippen LogP contribution in [0.4, 0.5) is 10.2 Å². The average Bonchev–Trinajstić information content (AvgIpc) is 3.62. The number of nitrogens with one attached hydrogen (secondary N) is 1. The minimum atomic E-state index is -1.19. The Morgan fingerprint density at radius 1 is 1.24 bits per heavy atom. The minimum absolute atomic E-state index is 0.0534. The van der Waals surface area contributed by atoms with E-state index in [9.17, 15) is 23.9 Å². The second-order valence-electron chi connectivity index (χ2n) is 11.1. The Labute approximate surface area is 217 Å². The van der Waals surface area contributed by atoms with Gasteiger partial charge < -0.3 is 24.6 Å². The Balaban J connectivity index is 1.23. The van der Waals surface area contributed by atoms with Crippen LogP contribution in [0.3, 0.4) is 0 Å². The van der Waals surface area contributed by atoms with Crippen LogP contribution in [0.15, 0.2) is 6.33 Å². The number of aromatic nitrogens is 4. The molecule has 0 aromatic carbocycles. The molecule has 4 atom stereocenters. The number of aliphatic hydroxyl groups is 1. The first-order valence-corrected chi connectivity index (χ1v) is 13.1. The van der Waals surface area contributed by atoms with Crippen molar-refractivity contribution in [3.05, 3.63) is 12.4 Å². The molecule has 2 aliphatic heterocycles. The lowest BCUT2D eigenvalue weighted by Gasteiger charge is -2.45. The number of halogens is 1. The van der Waals surface area contributed by atoms with Crippen LogP contribution in [-0.4, -0.2) is 66.9 Å². The van der Waals surface area contributed by atoms with E-state index in [4.69, 9.17) is 14.2 Å². The van der Waals surface area contributed by atoms with Gasteiger partial charge in [-0.1, -0.05) is 0 Å². The molecular formula is C25H30FN5O7. The highest BCUT2D eigenvalue weighted by Gasteiger charge is 2.53. The summed E-state index contributed by atoms with van der Waals surface area (Å²) in [6, 6.07) is 0. The van der Waals surface area contributed by atoms with Crippen LogP contribution in [0, 0.1) is 17.4 Å². The van der Waals surface area contributed by atoms with E-state index in [0.29, 0.717) is 5.92 Å². The first-order chi connectivity index (χ1) is 18.2. The third-order valence-electron chi connectivity index (χ3n) is 8.71. The Bertz CT molecular complexity index is 1280. The number of nitrogens with zero attached hydrogens (tertiary/aromatic N) is 4. The van der Waals surface area contributed by atoms with Gasteiger partial charge in [0.05, 0.1) is 18.3 Å². The van der Waals surface area contributed by atoms with E-state index >= 15 is 0 Å². The van der Waals surface area contributed by atoms with Gasteiger partial charge in [-0.25, -0.2) is 4.98 Å². The predicted octanol–water partition coefficient (Wildman–Crippen LogP) is 2.16. The summed E-state index contributed by atoms with van der Waals surface area (Å²) >= 11 is 0. The van der Waals surface area contributed by atoms with Crippen molar-refractivity contribution >= 4 is 34.8 Å². The van der Waals surface area contributed by atoms with Gasteiger partial charge in [0.2, 0.25) is 0 Å². The predicted molar refractivity (Wildman–Crippen MR) is 127 cm³/mol. The number of esters is 2. The number of amides is 1. The van der Waals surface area contributed by atoms with Gasteiger partial charge in [0.25, 0.3) is 5.91 Å². The number of aliphatic hydroxyl groups excluding tert-OH is 1. The Kier molecular flexibility index (Phi) is 6.10. The van der Waals surface area contributed by atoms with Crippen LogP contribution in [-0.2, 0) is 28.6 Å². The number of carbonyl (C=O) groups is 3. The highest BCUT2D eigenvalue weighted by molar-refractivity contribution is 6.00. The first-order valence-electron chi connectivity index (χ1n) is 13.1. The van der Waals surface area contributed by atoms with Gasteiger partial charge in [0, 0.05) is 19.3 Å². The summed E-state index contributed by atoms with van der Waals surface area (Å²) in [5, 5.41) is 12.6. The molecule has 3 aliphatic carbocycles. The lowest BCUT2D eigenvalue weighted by atomic mass is 9.61. The highest BCUT2D eigenvalue weighted by atomic mass is 19.1. The molecule has 2 aromatic rings. The fraction of sp³-hybridized carbons (Fsp3) is 0.680. The van der Waals surface area contributed by atoms with Crippen LogP contribution in [0.2, 0.25) is 0 Å². The van der Waals surface area contributed by atoms with Gasteiger partial charge in [-0.3, -0.25) is 19.0 Å². The van der Waals surface area contributed by atoms with Gasteiger partial charge in [-0.15, -0.1) is 0 Å². The summed E-state index contributed by atoms with van der Waals surface area (Å²) in [6.07, 6.45) is 3.86. The number of hydrogen-bond donors (Lipinski definition) is 2. The first kappa shape index (κ1) is 25.1. The Morgan fingerprint density at radius 3 is 2.63 bits per heavy atom. The number of rotatable bonds is 6. The zero-order valence-electron chi connectivity index (χ0n) is 21.0. The van der Waals surface area contributed by atoms with E-state index in [1.54, 1.807) is 6.92 Å². The molecule has 7 rings (SSSR count). The van der Waals surface area contributed by atoms with Crippen molar-refractivity contribution in [1.29, 1.82) is 0 Å². The Hall–Kier alpha value is -3.19. The van der Waals surface area contributed by atoms with Crippen LogP contribution in [0.1, 0.15) is 70.9 Å². The fourth-order valence-corrected chi connectivity index (χ4v) is 6.25. The standard InChI is InChI=1S/C25H30FN5O7/c1-24(11-32)15(37-22(35)25-7-4-13(5-8-25)6-9-25)10-16(38-24)31-12-27-18-19(29-23(26)30-20(18)31)28-21(34)14-2-3-17(33)36-14/h12-16,32H,2-11H2,1H3,(H,28,29,30,34)/t13?,14-,15+,16-,24-,25?/m1/s1. The number of hydrogen-bond acceptors (Lipinski definition) is 10. The van der Waals surface area contributed by atoms with E-state index in [2.05, 4.69) is 20.3 Å². The number of fused-ring (bicyclic) bond motifs is 4. The lowest BCUT2D eigenvalue weighted by molar-refractivity contribution is -0.181.